The first kappa shape index (κ1) is 17.8. The van der Waals surface area contributed by atoms with Crippen LogP contribution in [0, 0.1) is 5.92 Å². The molecule has 142 valence electrons. The van der Waals surface area contributed by atoms with Gasteiger partial charge < -0.3 is 9.87 Å². The molecule has 4 aliphatic carbocycles. The Balaban J connectivity index is 1.74. The van der Waals surface area contributed by atoms with Crippen LogP contribution in [0.5, 0.6) is 0 Å². The van der Waals surface area contributed by atoms with Gasteiger partial charge in [-0.05, 0) is 63.1 Å². The van der Waals surface area contributed by atoms with Gasteiger partial charge in [-0.25, -0.2) is 0 Å². The summed E-state index contributed by atoms with van der Waals surface area (Å²) < 4.78 is 63.9. The summed E-state index contributed by atoms with van der Waals surface area (Å²) >= 11 is -2.79. The molecule has 0 radical (unpaired) electrons. The van der Waals surface area contributed by atoms with Gasteiger partial charge in [-0.3, -0.25) is 13.3 Å². The van der Waals surface area contributed by atoms with Crippen molar-refractivity contribution in [1.29, 1.82) is 0 Å². The Kier molecular flexibility index (Phi) is 3.73. The lowest BCUT2D eigenvalue weighted by molar-refractivity contribution is -0.137. The van der Waals surface area contributed by atoms with Gasteiger partial charge >= 0.3 is 6.18 Å². The van der Waals surface area contributed by atoms with E-state index in [2.05, 4.69) is 5.32 Å². The lowest BCUT2D eigenvalue weighted by Crippen LogP contribution is -2.68. The summed E-state index contributed by atoms with van der Waals surface area (Å²) in [5.74, 6) is 0.102. The summed E-state index contributed by atoms with van der Waals surface area (Å²) in [6.07, 6.45) is -0.928. The van der Waals surface area contributed by atoms with Crippen molar-refractivity contribution in [3.63, 3.8) is 0 Å². The van der Waals surface area contributed by atoms with Gasteiger partial charge in [0.1, 0.15) is 0 Å². The van der Waals surface area contributed by atoms with Crippen molar-refractivity contribution in [2.24, 2.45) is 5.92 Å². The van der Waals surface area contributed by atoms with Crippen molar-refractivity contribution < 1.29 is 26.7 Å². The number of halogens is 3. The number of alkyl halides is 3. The molecule has 4 saturated carbocycles. The first-order valence-electron chi connectivity index (χ1n) is 8.46. The summed E-state index contributed by atoms with van der Waals surface area (Å²) in [7, 11) is 0. The Morgan fingerprint density at radius 1 is 1.31 bits per heavy atom. The molecule has 4 fully saturated rings. The van der Waals surface area contributed by atoms with Gasteiger partial charge in [-0.1, -0.05) is 0 Å². The molecule has 2 bridgehead atoms. The lowest BCUT2D eigenvalue weighted by Gasteiger charge is -2.61. The molecule has 0 spiro atoms. The number of carbonyl (C=O) groups excluding carboxylic acids is 1. The van der Waals surface area contributed by atoms with Crippen LogP contribution >= 0.6 is 0 Å². The van der Waals surface area contributed by atoms with Crippen LogP contribution in [0.3, 0.4) is 0 Å². The number of nitrogens with one attached hydrogen (secondary N) is 1. The summed E-state index contributed by atoms with van der Waals surface area (Å²) in [6.45, 7) is 1.66. The van der Waals surface area contributed by atoms with E-state index < -0.39 is 34.5 Å². The maximum Gasteiger partial charge on any atom is 0.416 e. The molecule has 1 atom stereocenters. The van der Waals surface area contributed by atoms with Crippen LogP contribution < -0.4 is 9.62 Å². The third-order valence-electron chi connectivity index (χ3n) is 5.82. The van der Waals surface area contributed by atoms with Gasteiger partial charge in [0.2, 0.25) is 0 Å². The molecule has 0 aliphatic heterocycles. The highest BCUT2D eigenvalue weighted by molar-refractivity contribution is 7.80. The molecule has 0 aromatic heterocycles. The highest BCUT2D eigenvalue weighted by atomic mass is 32.2. The number of nitrogens with zero attached hydrogens (tertiary/aromatic N) is 1. The number of hydrogen-bond acceptors (Lipinski definition) is 3. The maximum atomic E-state index is 13.1. The predicted molar refractivity (Wildman–Crippen MR) is 88.0 cm³/mol. The number of rotatable bonds is 5. The van der Waals surface area contributed by atoms with E-state index in [0.29, 0.717) is 18.8 Å². The Hall–Kier alpha value is -1.61. The molecule has 1 unspecified atom stereocenters. The minimum Gasteiger partial charge on any atom is -0.755 e. The normalized spacial score (nSPS) is 29.2. The minimum atomic E-state index is -4.63. The van der Waals surface area contributed by atoms with Gasteiger partial charge in [0.05, 0.1) is 22.4 Å². The van der Waals surface area contributed by atoms with E-state index in [1.54, 1.807) is 6.92 Å². The fourth-order valence-corrected chi connectivity index (χ4v) is 4.80. The van der Waals surface area contributed by atoms with Crippen LogP contribution in [0.1, 0.15) is 54.9 Å². The number of anilines is 1. The first-order valence-corrected chi connectivity index (χ1v) is 9.50. The molecule has 0 saturated heterocycles. The molecule has 0 heterocycles. The Labute approximate surface area is 151 Å². The standard InChI is InChI=1S/C17H19F3N2O3S/c1-15(4-5-15)22(26(24)25)13-6-11(17(18,19)20)2-3-12(13)14(23)21-16-7-10(8-16)9-16/h2-3,6,10H,4-5,7-9H2,1H3,(H,21,23)(H,24,25)/p-1. The van der Waals surface area contributed by atoms with Crippen molar-refractivity contribution >= 4 is 22.9 Å². The Morgan fingerprint density at radius 3 is 2.35 bits per heavy atom. The van der Waals surface area contributed by atoms with Gasteiger partial charge in [0, 0.05) is 16.8 Å². The molecule has 5 nitrogen and oxygen atoms in total. The van der Waals surface area contributed by atoms with E-state index in [-0.39, 0.29) is 16.8 Å². The molecule has 26 heavy (non-hydrogen) atoms. The average molecular weight is 387 g/mol. The van der Waals surface area contributed by atoms with Crippen molar-refractivity contribution in [2.45, 2.75) is 56.3 Å². The second-order valence-corrected chi connectivity index (χ2v) is 8.75. The lowest BCUT2D eigenvalue weighted by atomic mass is 9.50. The highest BCUT2D eigenvalue weighted by Gasteiger charge is 2.57. The molecule has 4 aliphatic rings. The number of carbonyl (C=O) groups is 1. The monoisotopic (exact) mass is 387 g/mol. The molecule has 1 amide bonds. The number of amides is 1. The smallest absolute Gasteiger partial charge is 0.416 e. The zero-order chi connectivity index (χ0) is 18.9. The van der Waals surface area contributed by atoms with E-state index >= 15 is 0 Å². The van der Waals surface area contributed by atoms with Crippen molar-refractivity contribution in [1.82, 2.24) is 5.32 Å². The van der Waals surface area contributed by atoms with Crippen LogP contribution in [0.4, 0.5) is 18.9 Å². The SMILES string of the molecule is CC1(N(c2cc(C(F)(F)F)ccc2C(=O)NC23CC(C2)C3)S(=O)[O-])CC1. The predicted octanol–water partition coefficient (Wildman–Crippen LogP) is 3.14. The average Bonchev–Trinajstić information content (AvgIpc) is 3.18. The quantitative estimate of drug-likeness (QED) is 0.789. The molecule has 1 N–H and O–H groups in total. The van der Waals surface area contributed by atoms with Crippen LogP contribution in [0.2, 0.25) is 0 Å². The molecular formula is C17H18F3N2O3S-. The van der Waals surface area contributed by atoms with Crippen molar-refractivity contribution in [3.05, 3.63) is 29.3 Å². The van der Waals surface area contributed by atoms with E-state index in [1.807, 2.05) is 0 Å². The molecule has 5 rings (SSSR count). The van der Waals surface area contributed by atoms with Crippen LogP contribution in [0.25, 0.3) is 0 Å². The third kappa shape index (κ3) is 2.81. The molecule has 9 heteroatoms. The maximum absolute atomic E-state index is 13.1. The minimum absolute atomic E-state index is 0.0416. The fraction of sp³-hybridized carbons (Fsp3) is 0.588. The summed E-state index contributed by atoms with van der Waals surface area (Å²) in [6, 6.07) is 2.66. The van der Waals surface area contributed by atoms with Crippen molar-refractivity contribution in [3.8, 4) is 0 Å². The van der Waals surface area contributed by atoms with Gasteiger partial charge in [0.25, 0.3) is 5.91 Å². The van der Waals surface area contributed by atoms with Gasteiger partial charge in [0.15, 0.2) is 0 Å². The fourth-order valence-electron chi connectivity index (χ4n) is 3.94. The van der Waals surface area contributed by atoms with E-state index in [9.17, 15) is 26.7 Å². The second kappa shape index (κ2) is 5.45. The van der Waals surface area contributed by atoms with Gasteiger partial charge in [-0.15, -0.1) is 0 Å². The molecule has 1 aromatic carbocycles. The number of benzene rings is 1. The number of hydrogen-bond donors (Lipinski definition) is 1. The van der Waals surface area contributed by atoms with Gasteiger partial charge in [-0.2, -0.15) is 13.2 Å². The third-order valence-corrected chi connectivity index (χ3v) is 6.75. The van der Waals surface area contributed by atoms with E-state index in [0.717, 1.165) is 41.8 Å². The molecular weight excluding hydrogens is 369 g/mol. The molecule has 1 aromatic rings. The largest absolute Gasteiger partial charge is 0.755 e. The highest BCUT2D eigenvalue weighted by Crippen LogP contribution is 2.57. The zero-order valence-corrected chi connectivity index (χ0v) is 14.9. The first-order chi connectivity index (χ1) is 12.0. The summed E-state index contributed by atoms with van der Waals surface area (Å²) in [4.78, 5) is 12.7. The summed E-state index contributed by atoms with van der Waals surface area (Å²) in [5.41, 5.74) is -2.28. The summed E-state index contributed by atoms with van der Waals surface area (Å²) in [5, 5.41) is 2.89. The van der Waals surface area contributed by atoms with Crippen LogP contribution in [0.15, 0.2) is 18.2 Å². The van der Waals surface area contributed by atoms with Crippen LogP contribution in [-0.4, -0.2) is 25.7 Å². The van der Waals surface area contributed by atoms with Crippen LogP contribution in [-0.2, 0) is 17.4 Å². The van der Waals surface area contributed by atoms with E-state index in [1.165, 1.54) is 0 Å². The Morgan fingerprint density at radius 2 is 1.92 bits per heavy atom. The van der Waals surface area contributed by atoms with E-state index in [4.69, 9.17) is 0 Å². The Bertz CT molecular complexity index is 790. The topological polar surface area (TPSA) is 72.5 Å². The van der Waals surface area contributed by atoms with Crippen molar-refractivity contribution in [2.75, 3.05) is 4.31 Å². The zero-order valence-electron chi connectivity index (χ0n) is 14.1. The second-order valence-electron chi connectivity index (χ2n) is 7.95.